The molecule has 0 aliphatic heterocycles. The van der Waals surface area contributed by atoms with Crippen LogP contribution < -0.4 is 0 Å². The van der Waals surface area contributed by atoms with E-state index < -0.39 is 0 Å². The molecule has 0 unspecified atom stereocenters. The van der Waals surface area contributed by atoms with Crippen molar-refractivity contribution >= 4 is 22.5 Å². The molecule has 0 spiro atoms. The van der Waals surface area contributed by atoms with E-state index >= 15 is 0 Å². The van der Waals surface area contributed by atoms with Crippen molar-refractivity contribution < 1.29 is 0 Å². The highest BCUT2D eigenvalue weighted by atomic mass is 32.1. The molecular weight excluding hydrogens is 272 g/mol. The van der Waals surface area contributed by atoms with Crippen molar-refractivity contribution in [3.63, 3.8) is 0 Å². The maximum Gasteiger partial charge on any atom is 0.0296 e. The molecule has 1 aromatic carbocycles. The molecule has 0 N–H and O–H groups in total. The highest BCUT2D eigenvalue weighted by Gasteiger charge is 2.11. The molecule has 0 amide bonds. The third-order valence-electron chi connectivity index (χ3n) is 4.35. The van der Waals surface area contributed by atoms with E-state index in [1.54, 1.807) is 16.9 Å². The largest absolute Gasteiger partial charge is 0.144 e. The predicted molar refractivity (Wildman–Crippen MR) is 94.7 cm³/mol. The van der Waals surface area contributed by atoms with Gasteiger partial charge in [-0.3, -0.25) is 0 Å². The first kappa shape index (κ1) is 14.3. The number of fused-ring (bicyclic) bond motifs is 1. The molecule has 21 heavy (non-hydrogen) atoms. The van der Waals surface area contributed by atoms with Crippen LogP contribution in [-0.2, 0) is 12.8 Å². The smallest absolute Gasteiger partial charge is 0.0296 e. The minimum Gasteiger partial charge on any atom is -0.144 e. The zero-order valence-corrected chi connectivity index (χ0v) is 13.3. The average Bonchev–Trinajstić information content (AvgIpc) is 3.06. The van der Waals surface area contributed by atoms with Gasteiger partial charge in [0.2, 0.25) is 0 Å². The first-order valence-corrected chi connectivity index (χ1v) is 8.63. The highest BCUT2D eigenvalue weighted by molar-refractivity contribution is 7.11. The molecule has 108 valence electrons. The van der Waals surface area contributed by atoms with E-state index in [2.05, 4.69) is 48.9 Å². The Morgan fingerprint density at radius 2 is 1.71 bits per heavy atom. The standard InChI is InChI=1S/C20H22S/c1-15(9-10-16(2)20-8-5-13-21-20)18-12-11-17-6-3-4-7-19(17)14-18/h5,8,11-14H,1-4,6-7,9-10H2. The second-order valence-electron chi connectivity index (χ2n) is 5.88. The summed E-state index contributed by atoms with van der Waals surface area (Å²) >= 11 is 1.77. The zero-order valence-electron chi connectivity index (χ0n) is 12.5. The molecule has 1 heterocycles. The van der Waals surface area contributed by atoms with E-state index in [4.69, 9.17) is 0 Å². The molecule has 0 fully saturated rings. The highest BCUT2D eigenvalue weighted by Crippen LogP contribution is 2.29. The van der Waals surface area contributed by atoms with E-state index in [1.807, 2.05) is 0 Å². The van der Waals surface area contributed by atoms with Crippen molar-refractivity contribution in [3.05, 3.63) is 70.4 Å². The van der Waals surface area contributed by atoms with Crippen molar-refractivity contribution in [1.29, 1.82) is 0 Å². The Morgan fingerprint density at radius 3 is 2.48 bits per heavy atom. The van der Waals surface area contributed by atoms with Crippen molar-refractivity contribution in [2.45, 2.75) is 38.5 Å². The summed E-state index contributed by atoms with van der Waals surface area (Å²) < 4.78 is 0. The third-order valence-corrected chi connectivity index (χ3v) is 5.33. The molecule has 0 bridgehead atoms. The molecular formula is C20H22S. The number of rotatable bonds is 5. The normalized spacial score (nSPS) is 13.7. The van der Waals surface area contributed by atoms with Gasteiger partial charge < -0.3 is 0 Å². The summed E-state index contributed by atoms with van der Waals surface area (Å²) in [6.45, 7) is 8.49. The van der Waals surface area contributed by atoms with E-state index in [0.29, 0.717) is 0 Å². The first-order valence-electron chi connectivity index (χ1n) is 7.75. The Bertz CT molecular complexity index is 646. The lowest BCUT2D eigenvalue weighted by Gasteiger charge is -2.17. The van der Waals surface area contributed by atoms with Crippen LogP contribution in [0.1, 0.15) is 47.3 Å². The number of aryl methyl sites for hydroxylation is 2. The van der Waals surface area contributed by atoms with E-state index in [9.17, 15) is 0 Å². The lowest BCUT2D eigenvalue weighted by Crippen LogP contribution is -2.02. The Morgan fingerprint density at radius 1 is 0.952 bits per heavy atom. The van der Waals surface area contributed by atoms with Crippen LogP contribution in [0.2, 0.25) is 0 Å². The Kier molecular flexibility index (Phi) is 4.40. The second-order valence-corrected chi connectivity index (χ2v) is 6.82. The van der Waals surface area contributed by atoms with Gasteiger partial charge in [0, 0.05) is 4.88 Å². The maximum absolute atomic E-state index is 4.29. The monoisotopic (exact) mass is 294 g/mol. The summed E-state index contributed by atoms with van der Waals surface area (Å²) in [5.74, 6) is 0. The lowest BCUT2D eigenvalue weighted by molar-refractivity contribution is 0.685. The van der Waals surface area contributed by atoms with Gasteiger partial charge in [-0.1, -0.05) is 37.4 Å². The topological polar surface area (TPSA) is 0 Å². The fourth-order valence-electron chi connectivity index (χ4n) is 3.00. The molecule has 1 heteroatoms. The molecule has 0 radical (unpaired) electrons. The SMILES string of the molecule is C=C(CCC(=C)c1cccs1)c1ccc2c(c1)CCCC2. The molecule has 0 atom stereocenters. The number of benzene rings is 1. The third kappa shape index (κ3) is 3.36. The number of thiophene rings is 1. The fraction of sp³-hybridized carbons (Fsp3) is 0.300. The van der Waals surface area contributed by atoms with Gasteiger partial charge in [0.25, 0.3) is 0 Å². The molecule has 3 rings (SSSR count). The van der Waals surface area contributed by atoms with Gasteiger partial charge in [-0.2, -0.15) is 0 Å². The predicted octanol–water partition coefficient (Wildman–Crippen LogP) is 6.13. The lowest BCUT2D eigenvalue weighted by atomic mass is 9.88. The van der Waals surface area contributed by atoms with E-state index in [0.717, 1.165) is 12.8 Å². The van der Waals surface area contributed by atoms with Gasteiger partial charge in [-0.05, 0) is 77.8 Å². The summed E-state index contributed by atoms with van der Waals surface area (Å²) in [5, 5.41) is 2.11. The summed E-state index contributed by atoms with van der Waals surface area (Å²) in [6, 6.07) is 11.2. The Hall–Kier alpha value is -1.60. The van der Waals surface area contributed by atoms with Crippen molar-refractivity contribution in [2.24, 2.45) is 0 Å². The quantitative estimate of drug-likeness (QED) is 0.622. The summed E-state index contributed by atoms with van der Waals surface area (Å²) in [5.41, 5.74) is 6.86. The Labute approximate surface area is 131 Å². The fourth-order valence-corrected chi connectivity index (χ4v) is 3.73. The van der Waals surface area contributed by atoms with Gasteiger partial charge in [0.05, 0.1) is 0 Å². The van der Waals surface area contributed by atoms with Gasteiger partial charge in [0.1, 0.15) is 0 Å². The van der Waals surface area contributed by atoms with Gasteiger partial charge >= 0.3 is 0 Å². The summed E-state index contributed by atoms with van der Waals surface area (Å²) in [6.07, 6.45) is 7.15. The maximum atomic E-state index is 4.29. The summed E-state index contributed by atoms with van der Waals surface area (Å²) in [7, 11) is 0. The van der Waals surface area contributed by atoms with Gasteiger partial charge in [-0.25, -0.2) is 0 Å². The Balaban J connectivity index is 1.64. The number of hydrogen-bond donors (Lipinski definition) is 0. The van der Waals surface area contributed by atoms with Crippen LogP contribution in [0.25, 0.3) is 11.1 Å². The minimum absolute atomic E-state index is 0.996. The molecule has 1 aliphatic rings. The second kappa shape index (κ2) is 6.44. The van der Waals surface area contributed by atoms with Crippen molar-refractivity contribution in [3.8, 4) is 0 Å². The van der Waals surface area contributed by atoms with Crippen LogP contribution in [0.15, 0.2) is 48.9 Å². The van der Waals surface area contributed by atoms with Crippen molar-refractivity contribution in [1.82, 2.24) is 0 Å². The molecule has 0 nitrogen and oxygen atoms in total. The first-order chi connectivity index (χ1) is 10.2. The molecule has 0 saturated heterocycles. The average molecular weight is 294 g/mol. The minimum atomic E-state index is 0.996. The van der Waals surface area contributed by atoms with Crippen LogP contribution in [0, 0.1) is 0 Å². The number of hydrogen-bond acceptors (Lipinski definition) is 1. The van der Waals surface area contributed by atoms with Crippen LogP contribution in [0.3, 0.4) is 0 Å². The van der Waals surface area contributed by atoms with E-state index in [-0.39, 0.29) is 0 Å². The summed E-state index contributed by atoms with van der Waals surface area (Å²) in [4.78, 5) is 1.30. The van der Waals surface area contributed by atoms with Gasteiger partial charge in [0.15, 0.2) is 0 Å². The van der Waals surface area contributed by atoms with Crippen LogP contribution in [0.4, 0.5) is 0 Å². The van der Waals surface area contributed by atoms with Crippen molar-refractivity contribution in [2.75, 3.05) is 0 Å². The van der Waals surface area contributed by atoms with Crippen LogP contribution in [-0.4, -0.2) is 0 Å². The molecule has 1 aromatic heterocycles. The zero-order chi connectivity index (χ0) is 14.7. The number of allylic oxidation sites excluding steroid dienone is 2. The molecule has 1 aliphatic carbocycles. The van der Waals surface area contributed by atoms with Crippen LogP contribution >= 0.6 is 11.3 Å². The van der Waals surface area contributed by atoms with Crippen LogP contribution in [0.5, 0.6) is 0 Å². The van der Waals surface area contributed by atoms with E-state index in [1.165, 1.54) is 52.8 Å². The molecule has 0 saturated carbocycles. The van der Waals surface area contributed by atoms with Gasteiger partial charge in [-0.15, -0.1) is 11.3 Å². The molecule has 2 aromatic rings.